The minimum Gasteiger partial charge on any atom is -0.437 e. The Labute approximate surface area is 124 Å². The van der Waals surface area contributed by atoms with Gasteiger partial charge in [-0.15, -0.1) is 0 Å². The first-order valence-electron chi connectivity index (χ1n) is 5.64. The van der Waals surface area contributed by atoms with Crippen LogP contribution >= 0.6 is 23.2 Å². The molecule has 1 aromatic carbocycles. The Balaban J connectivity index is 2.09. The summed E-state index contributed by atoms with van der Waals surface area (Å²) in [6, 6.07) is 4.81. The molecule has 0 spiro atoms. The normalized spacial score (nSPS) is 10.9. The largest absolute Gasteiger partial charge is 0.437 e. The second-order valence-electron chi connectivity index (χ2n) is 4.11. The number of hydrogen-bond acceptors (Lipinski definition) is 5. The van der Waals surface area contributed by atoms with Crippen LogP contribution in [-0.4, -0.2) is 19.6 Å². The third kappa shape index (κ3) is 2.23. The van der Waals surface area contributed by atoms with E-state index >= 15 is 0 Å². The van der Waals surface area contributed by atoms with E-state index in [0.717, 1.165) is 5.69 Å². The number of nitrogens with two attached hydrogens (primary N) is 1. The highest BCUT2D eigenvalue weighted by Gasteiger charge is 2.11. The topological polar surface area (TPSA) is 78.3 Å². The van der Waals surface area contributed by atoms with Crippen LogP contribution in [0.15, 0.2) is 24.5 Å². The third-order valence-corrected chi connectivity index (χ3v) is 3.34. The summed E-state index contributed by atoms with van der Waals surface area (Å²) in [4.78, 5) is 8.24. The molecule has 2 heterocycles. The summed E-state index contributed by atoms with van der Waals surface area (Å²) < 4.78 is 7.22. The van der Waals surface area contributed by atoms with Crippen LogP contribution < -0.4 is 10.5 Å². The minimum atomic E-state index is 0.358. The van der Waals surface area contributed by atoms with Gasteiger partial charge < -0.3 is 10.5 Å². The average molecular weight is 310 g/mol. The van der Waals surface area contributed by atoms with Gasteiger partial charge in [-0.1, -0.05) is 23.2 Å². The molecule has 0 aliphatic heterocycles. The lowest BCUT2D eigenvalue weighted by Crippen LogP contribution is -2.01. The maximum absolute atomic E-state index is 5.97. The molecular formula is C12H9Cl2N5O. The molecule has 0 saturated heterocycles. The molecule has 2 N–H and O–H groups in total. The van der Waals surface area contributed by atoms with Crippen molar-refractivity contribution in [2.75, 3.05) is 5.73 Å². The highest BCUT2D eigenvalue weighted by Crippen LogP contribution is 2.35. The Hall–Kier alpha value is -2.05. The summed E-state index contributed by atoms with van der Waals surface area (Å²) in [7, 11) is 0. The summed E-state index contributed by atoms with van der Waals surface area (Å²) in [5.41, 5.74) is 6.99. The van der Waals surface area contributed by atoms with Crippen LogP contribution in [0.4, 0.5) is 5.69 Å². The van der Waals surface area contributed by atoms with Crippen LogP contribution in [-0.2, 0) is 0 Å². The lowest BCUT2D eigenvalue weighted by molar-refractivity contribution is 0.447. The summed E-state index contributed by atoms with van der Waals surface area (Å²) in [5.74, 6) is 1.27. The molecule has 0 aliphatic carbocycles. The van der Waals surface area contributed by atoms with E-state index in [9.17, 15) is 0 Å². The predicted octanol–water partition coefficient (Wildman–Crippen LogP) is 3.11. The van der Waals surface area contributed by atoms with Crippen LogP contribution in [0.5, 0.6) is 11.6 Å². The molecule has 0 amide bonds. The van der Waals surface area contributed by atoms with Crippen molar-refractivity contribution in [3.63, 3.8) is 0 Å². The van der Waals surface area contributed by atoms with Crippen LogP contribution in [0.2, 0.25) is 10.0 Å². The molecule has 20 heavy (non-hydrogen) atoms. The molecule has 102 valence electrons. The summed E-state index contributed by atoms with van der Waals surface area (Å²) >= 11 is 11.9. The second kappa shape index (κ2) is 4.81. The van der Waals surface area contributed by atoms with Gasteiger partial charge >= 0.3 is 0 Å². The van der Waals surface area contributed by atoms with Gasteiger partial charge in [0, 0.05) is 17.8 Å². The minimum absolute atomic E-state index is 0.358. The fourth-order valence-electron chi connectivity index (χ4n) is 1.71. The van der Waals surface area contributed by atoms with E-state index in [4.69, 9.17) is 33.7 Å². The van der Waals surface area contributed by atoms with Crippen LogP contribution in [0.25, 0.3) is 5.78 Å². The summed E-state index contributed by atoms with van der Waals surface area (Å²) in [6.45, 7) is 1.83. The quantitative estimate of drug-likeness (QED) is 0.736. The van der Waals surface area contributed by atoms with E-state index in [1.807, 2.05) is 6.92 Å². The standard InChI is InChI=1S/C12H9Cl2N5O/c1-6-2-11(19-12(18-6)16-5-17-19)20-10-4-8(14)7(13)3-9(10)15/h2-5H,15H2,1H3. The number of fused-ring (bicyclic) bond motifs is 1. The fourth-order valence-corrected chi connectivity index (χ4v) is 2.04. The highest BCUT2D eigenvalue weighted by atomic mass is 35.5. The maximum Gasteiger partial charge on any atom is 0.255 e. The van der Waals surface area contributed by atoms with E-state index < -0.39 is 0 Å². The van der Waals surface area contributed by atoms with Gasteiger partial charge in [-0.3, -0.25) is 0 Å². The van der Waals surface area contributed by atoms with Crippen molar-refractivity contribution < 1.29 is 4.74 Å². The molecule has 6 nitrogen and oxygen atoms in total. The molecule has 0 fully saturated rings. The van der Waals surface area contributed by atoms with E-state index in [0.29, 0.717) is 33.1 Å². The lowest BCUT2D eigenvalue weighted by atomic mass is 10.3. The molecule has 0 saturated carbocycles. The smallest absolute Gasteiger partial charge is 0.255 e. The number of aromatic nitrogens is 4. The molecule has 0 atom stereocenters. The van der Waals surface area contributed by atoms with Gasteiger partial charge in [-0.2, -0.15) is 14.6 Å². The first kappa shape index (κ1) is 13.0. The number of aryl methyl sites for hydroxylation is 1. The van der Waals surface area contributed by atoms with Crippen molar-refractivity contribution in [1.29, 1.82) is 0 Å². The van der Waals surface area contributed by atoms with Gasteiger partial charge in [0.05, 0.1) is 15.7 Å². The molecule has 8 heteroatoms. The van der Waals surface area contributed by atoms with Crippen molar-refractivity contribution in [3.8, 4) is 11.6 Å². The Morgan fingerprint density at radius 3 is 2.75 bits per heavy atom. The number of rotatable bonds is 2. The molecule has 0 aliphatic rings. The fraction of sp³-hybridized carbons (Fsp3) is 0.0833. The van der Waals surface area contributed by atoms with E-state index in [1.54, 1.807) is 12.1 Å². The van der Waals surface area contributed by atoms with Gasteiger partial charge in [-0.25, -0.2) is 4.98 Å². The third-order valence-electron chi connectivity index (χ3n) is 2.61. The van der Waals surface area contributed by atoms with Crippen LogP contribution in [0.3, 0.4) is 0 Å². The Morgan fingerprint density at radius 1 is 1.20 bits per heavy atom. The van der Waals surface area contributed by atoms with Gasteiger partial charge in [0.1, 0.15) is 6.33 Å². The molecule has 3 rings (SSSR count). The van der Waals surface area contributed by atoms with Crippen molar-refractivity contribution in [2.45, 2.75) is 6.92 Å². The molecular weight excluding hydrogens is 301 g/mol. The van der Waals surface area contributed by atoms with Gasteiger partial charge in [0.15, 0.2) is 5.75 Å². The van der Waals surface area contributed by atoms with Crippen LogP contribution in [0, 0.1) is 6.92 Å². The van der Waals surface area contributed by atoms with Crippen molar-refractivity contribution in [3.05, 3.63) is 40.3 Å². The average Bonchev–Trinajstić information content (AvgIpc) is 2.84. The molecule has 3 aromatic rings. The van der Waals surface area contributed by atoms with E-state index in [2.05, 4.69) is 15.1 Å². The van der Waals surface area contributed by atoms with E-state index in [-0.39, 0.29) is 0 Å². The molecule has 0 radical (unpaired) electrons. The summed E-state index contributed by atoms with van der Waals surface area (Å²) in [6.07, 6.45) is 1.40. The van der Waals surface area contributed by atoms with Crippen LogP contribution in [0.1, 0.15) is 5.69 Å². The predicted molar refractivity (Wildman–Crippen MR) is 76.5 cm³/mol. The Kier molecular flexibility index (Phi) is 3.11. The Bertz CT molecular complexity index is 802. The lowest BCUT2D eigenvalue weighted by Gasteiger charge is -2.10. The van der Waals surface area contributed by atoms with Gasteiger partial charge in [0.2, 0.25) is 5.88 Å². The number of nitrogen functional groups attached to an aromatic ring is 1. The van der Waals surface area contributed by atoms with E-state index in [1.165, 1.54) is 16.9 Å². The Morgan fingerprint density at radius 2 is 1.95 bits per heavy atom. The zero-order valence-electron chi connectivity index (χ0n) is 10.3. The number of anilines is 1. The van der Waals surface area contributed by atoms with Gasteiger partial charge in [-0.05, 0) is 13.0 Å². The zero-order valence-corrected chi connectivity index (χ0v) is 11.9. The first-order valence-corrected chi connectivity index (χ1v) is 6.40. The molecule has 0 bridgehead atoms. The number of benzene rings is 1. The van der Waals surface area contributed by atoms with Crippen molar-refractivity contribution >= 4 is 34.7 Å². The number of ether oxygens (including phenoxy) is 1. The number of halogens is 2. The van der Waals surface area contributed by atoms with Gasteiger partial charge in [0.25, 0.3) is 5.78 Å². The zero-order chi connectivity index (χ0) is 14.3. The van der Waals surface area contributed by atoms with Crippen molar-refractivity contribution in [1.82, 2.24) is 19.6 Å². The highest BCUT2D eigenvalue weighted by molar-refractivity contribution is 6.42. The number of nitrogens with zero attached hydrogens (tertiary/aromatic N) is 4. The maximum atomic E-state index is 5.97. The second-order valence-corrected chi connectivity index (χ2v) is 4.93. The number of hydrogen-bond donors (Lipinski definition) is 1. The molecule has 0 unspecified atom stereocenters. The molecule has 2 aromatic heterocycles. The first-order chi connectivity index (χ1) is 9.54. The monoisotopic (exact) mass is 309 g/mol. The SMILES string of the molecule is Cc1cc(Oc2cc(Cl)c(Cl)cc2N)n2ncnc2n1. The van der Waals surface area contributed by atoms with Crippen molar-refractivity contribution in [2.24, 2.45) is 0 Å². The summed E-state index contributed by atoms with van der Waals surface area (Å²) in [5, 5.41) is 4.77.